The first-order valence-electron chi connectivity index (χ1n) is 7.32. The fraction of sp³-hybridized carbons (Fsp3) is 0.667. The van der Waals surface area contributed by atoms with Crippen LogP contribution in [0, 0.1) is 5.92 Å². The van der Waals surface area contributed by atoms with E-state index in [1.807, 2.05) is 17.0 Å². The minimum Gasteiger partial charge on any atom is -0.467 e. The van der Waals surface area contributed by atoms with Gasteiger partial charge in [0.05, 0.1) is 18.9 Å². The van der Waals surface area contributed by atoms with Gasteiger partial charge in [0, 0.05) is 19.7 Å². The van der Waals surface area contributed by atoms with E-state index < -0.39 is 0 Å². The molecule has 1 aromatic rings. The summed E-state index contributed by atoms with van der Waals surface area (Å²) in [4.78, 5) is 13.8. The van der Waals surface area contributed by atoms with Gasteiger partial charge < -0.3 is 19.4 Å². The smallest absolute Gasteiger partial charge is 0.317 e. The summed E-state index contributed by atoms with van der Waals surface area (Å²) >= 11 is 0. The Labute approximate surface area is 120 Å². The Kier molecular flexibility index (Phi) is 5.47. The Balaban J connectivity index is 1.66. The van der Waals surface area contributed by atoms with E-state index in [0.29, 0.717) is 18.6 Å². The molecule has 0 atom stereocenters. The molecule has 1 saturated heterocycles. The monoisotopic (exact) mass is 280 g/mol. The van der Waals surface area contributed by atoms with E-state index in [9.17, 15) is 4.79 Å². The number of piperidine rings is 1. The summed E-state index contributed by atoms with van der Waals surface area (Å²) in [6.45, 7) is 7.05. The molecule has 2 amide bonds. The number of hydrogen-bond acceptors (Lipinski definition) is 3. The number of nitrogens with zero attached hydrogens (tertiary/aromatic N) is 1. The van der Waals surface area contributed by atoms with Crippen LogP contribution in [-0.4, -0.2) is 36.7 Å². The van der Waals surface area contributed by atoms with Crippen LogP contribution in [0.3, 0.4) is 0 Å². The molecule has 0 radical (unpaired) electrons. The van der Waals surface area contributed by atoms with E-state index in [0.717, 1.165) is 38.3 Å². The lowest BCUT2D eigenvalue weighted by Crippen LogP contribution is -2.45. The van der Waals surface area contributed by atoms with Crippen LogP contribution in [0.1, 0.15) is 32.4 Å². The quantitative estimate of drug-likeness (QED) is 0.902. The predicted molar refractivity (Wildman–Crippen MR) is 76.3 cm³/mol. The summed E-state index contributed by atoms with van der Waals surface area (Å²) in [7, 11) is 0. The van der Waals surface area contributed by atoms with E-state index in [1.54, 1.807) is 6.26 Å². The van der Waals surface area contributed by atoms with Gasteiger partial charge in [0.1, 0.15) is 5.76 Å². The fourth-order valence-corrected chi connectivity index (χ4v) is 2.24. The highest BCUT2D eigenvalue weighted by Crippen LogP contribution is 2.15. The maximum absolute atomic E-state index is 12.0. The van der Waals surface area contributed by atoms with Crippen LogP contribution in [0.5, 0.6) is 0 Å². The lowest BCUT2D eigenvalue weighted by molar-refractivity contribution is 0.00208. The van der Waals surface area contributed by atoms with Gasteiger partial charge in [0.15, 0.2) is 0 Å². The Bertz CT molecular complexity index is 395. The lowest BCUT2D eigenvalue weighted by Gasteiger charge is -2.32. The van der Waals surface area contributed by atoms with Crippen molar-refractivity contribution in [1.82, 2.24) is 10.2 Å². The Morgan fingerprint density at radius 3 is 2.85 bits per heavy atom. The van der Waals surface area contributed by atoms with E-state index in [4.69, 9.17) is 9.15 Å². The third-order valence-electron chi connectivity index (χ3n) is 3.39. The average molecular weight is 280 g/mol. The minimum atomic E-state index is -0.0243. The summed E-state index contributed by atoms with van der Waals surface area (Å²) in [6.07, 6.45) is 3.74. The summed E-state index contributed by atoms with van der Waals surface area (Å²) in [5.41, 5.74) is 0. The van der Waals surface area contributed by atoms with Crippen molar-refractivity contribution in [3.05, 3.63) is 24.2 Å². The maximum atomic E-state index is 12.0. The Morgan fingerprint density at radius 1 is 1.50 bits per heavy atom. The van der Waals surface area contributed by atoms with E-state index >= 15 is 0 Å². The van der Waals surface area contributed by atoms with Gasteiger partial charge in [0.25, 0.3) is 0 Å². The summed E-state index contributed by atoms with van der Waals surface area (Å²) in [5, 5.41) is 2.87. The third kappa shape index (κ3) is 4.56. The van der Waals surface area contributed by atoms with Crippen LogP contribution in [-0.2, 0) is 11.3 Å². The molecule has 5 heteroatoms. The molecule has 1 aliphatic heterocycles. The molecule has 2 rings (SSSR count). The van der Waals surface area contributed by atoms with Gasteiger partial charge >= 0.3 is 6.03 Å². The molecular weight excluding hydrogens is 256 g/mol. The molecule has 0 unspecified atom stereocenters. The summed E-state index contributed by atoms with van der Waals surface area (Å²) in [6, 6.07) is 3.65. The molecule has 0 bridgehead atoms. The molecule has 0 aromatic carbocycles. The molecule has 0 spiro atoms. The highest BCUT2D eigenvalue weighted by Gasteiger charge is 2.23. The van der Waals surface area contributed by atoms with Crippen molar-refractivity contribution in [1.29, 1.82) is 0 Å². The molecule has 0 saturated carbocycles. The SMILES string of the molecule is CC(C)COC1CCN(C(=O)NCc2ccco2)CC1. The van der Waals surface area contributed by atoms with Crippen molar-refractivity contribution in [3.8, 4) is 0 Å². The zero-order chi connectivity index (χ0) is 14.4. The van der Waals surface area contributed by atoms with Gasteiger partial charge in [-0.25, -0.2) is 4.79 Å². The number of amides is 2. The second kappa shape index (κ2) is 7.33. The average Bonchev–Trinajstić information content (AvgIpc) is 2.96. The molecule has 0 aliphatic carbocycles. The summed E-state index contributed by atoms with van der Waals surface area (Å²) < 4.78 is 11.0. The van der Waals surface area contributed by atoms with Gasteiger partial charge in [0.2, 0.25) is 0 Å². The molecule has 1 aliphatic rings. The normalized spacial score (nSPS) is 16.6. The largest absolute Gasteiger partial charge is 0.467 e. The van der Waals surface area contributed by atoms with Gasteiger partial charge in [-0.05, 0) is 30.9 Å². The van der Waals surface area contributed by atoms with Crippen LogP contribution in [0.4, 0.5) is 4.79 Å². The number of rotatable bonds is 5. The zero-order valence-electron chi connectivity index (χ0n) is 12.3. The Hall–Kier alpha value is -1.49. The standard InChI is InChI=1S/C15H24N2O3/c1-12(2)11-20-13-5-7-17(8-6-13)15(18)16-10-14-4-3-9-19-14/h3-4,9,12-13H,5-8,10-11H2,1-2H3,(H,16,18). The van der Waals surface area contributed by atoms with Crippen molar-refractivity contribution in [3.63, 3.8) is 0 Å². The Morgan fingerprint density at radius 2 is 2.25 bits per heavy atom. The molecular formula is C15H24N2O3. The second-order valence-corrected chi connectivity index (χ2v) is 5.65. The number of ether oxygens (including phenoxy) is 1. The van der Waals surface area contributed by atoms with Crippen LogP contribution < -0.4 is 5.32 Å². The number of hydrogen-bond donors (Lipinski definition) is 1. The van der Waals surface area contributed by atoms with Gasteiger partial charge in [-0.15, -0.1) is 0 Å². The molecule has 20 heavy (non-hydrogen) atoms. The molecule has 112 valence electrons. The van der Waals surface area contributed by atoms with Crippen molar-refractivity contribution >= 4 is 6.03 Å². The highest BCUT2D eigenvalue weighted by molar-refractivity contribution is 5.74. The molecule has 1 fully saturated rings. The molecule has 1 aromatic heterocycles. The number of likely N-dealkylation sites (tertiary alicyclic amines) is 1. The number of carbonyl (C=O) groups is 1. The number of carbonyl (C=O) groups excluding carboxylic acids is 1. The predicted octanol–water partition coefficient (Wildman–Crippen LogP) is 2.63. The zero-order valence-corrected chi connectivity index (χ0v) is 12.3. The number of nitrogens with one attached hydrogen (secondary N) is 1. The number of urea groups is 1. The van der Waals surface area contributed by atoms with Crippen LogP contribution in [0.2, 0.25) is 0 Å². The van der Waals surface area contributed by atoms with Crippen LogP contribution >= 0.6 is 0 Å². The maximum Gasteiger partial charge on any atom is 0.317 e. The fourth-order valence-electron chi connectivity index (χ4n) is 2.24. The van der Waals surface area contributed by atoms with E-state index in [-0.39, 0.29) is 6.03 Å². The van der Waals surface area contributed by atoms with Gasteiger partial charge in [-0.2, -0.15) is 0 Å². The first kappa shape index (κ1) is 14.9. The first-order chi connectivity index (χ1) is 9.65. The topological polar surface area (TPSA) is 54.7 Å². The lowest BCUT2D eigenvalue weighted by atomic mass is 10.1. The minimum absolute atomic E-state index is 0.0243. The molecule has 5 nitrogen and oxygen atoms in total. The van der Waals surface area contributed by atoms with Crippen molar-refractivity contribution in [2.24, 2.45) is 5.92 Å². The van der Waals surface area contributed by atoms with Crippen molar-refractivity contribution < 1.29 is 13.9 Å². The van der Waals surface area contributed by atoms with Crippen molar-refractivity contribution in [2.45, 2.75) is 39.3 Å². The number of furan rings is 1. The van der Waals surface area contributed by atoms with E-state index in [1.165, 1.54) is 0 Å². The van der Waals surface area contributed by atoms with Crippen LogP contribution in [0.15, 0.2) is 22.8 Å². The van der Waals surface area contributed by atoms with Gasteiger partial charge in [-0.1, -0.05) is 13.8 Å². The highest BCUT2D eigenvalue weighted by atomic mass is 16.5. The van der Waals surface area contributed by atoms with Gasteiger partial charge in [-0.3, -0.25) is 0 Å². The second-order valence-electron chi connectivity index (χ2n) is 5.65. The molecule has 2 heterocycles. The third-order valence-corrected chi connectivity index (χ3v) is 3.39. The first-order valence-corrected chi connectivity index (χ1v) is 7.32. The summed E-state index contributed by atoms with van der Waals surface area (Å²) in [5.74, 6) is 1.33. The van der Waals surface area contributed by atoms with E-state index in [2.05, 4.69) is 19.2 Å². The van der Waals surface area contributed by atoms with Crippen molar-refractivity contribution in [2.75, 3.05) is 19.7 Å². The molecule has 1 N–H and O–H groups in total. The van der Waals surface area contributed by atoms with Crippen LogP contribution in [0.25, 0.3) is 0 Å².